The van der Waals surface area contributed by atoms with Crippen molar-refractivity contribution in [3.63, 3.8) is 0 Å². The van der Waals surface area contributed by atoms with Crippen LogP contribution in [0.4, 0.5) is 0 Å². The maximum absolute atomic E-state index is 5.46. The molecule has 2 fully saturated rings. The third-order valence-electron chi connectivity index (χ3n) is 7.18. The second kappa shape index (κ2) is 32.4. The van der Waals surface area contributed by atoms with Gasteiger partial charge in [-0.15, -0.1) is 6.42 Å². The molecule has 0 heteroatoms. The number of benzene rings is 1. The van der Waals surface area contributed by atoms with Gasteiger partial charge in [0.15, 0.2) is 0 Å². The van der Waals surface area contributed by atoms with Crippen LogP contribution in [0, 0.1) is 31.1 Å². The predicted octanol–water partition coefficient (Wildman–Crippen LogP) is 14.9. The Bertz CT molecular complexity index is 930. The Morgan fingerprint density at radius 3 is 1.60 bits per heavy atom. The Labute approximate surface area is 273 Å². The van der Waals surface area contributed by atoms with Gasteiger partial charge in [0.05, 0.1) is 0 Å². The molecule has 0 aromatic heterocycles. The fourth-order valence-electron chi connectivity index (χ4n) is 4.31. The van der Waals surface area contributed by atoms with Crippen LogP contribution < -0.4 is 0 Å². The van der Waals surface area contributed by atoms with Gasteiger partial charge in [-0.1, -0.05) is 175 Å². The molecule has 246 valence electrons. The number of allylic oxidation sites excluding steroid dienone is 6. The molecule has 2 aliphatic carbocycles. The Hall–Kier alpha value is -2.52. The van der Waals surface area contributed by atoms with E-state index in [-0.39, 0.29) is 0 Å². The monoisotopic (exact) mass is 591 g/mol. The Balaban J connectivity index is -0.000000299. The maximum atomic E-state index is 5.46. The minimum Gasteiger partial charge on any atom is -0.115 e. The van der Waals surface area contributed by atoms with Gasteiger partial charge in [0, 0.05) is 5.57 Å². The molecular formula is C43H74. The number of hydrogen-bond donors (Lipinski definition) is 0. The van der Waals surface area contributed by atoms with Gasteiger partial charge in [-0.05, 0) is 87.0 Å². The topological polar surface area (TPSA) is 0 Å². The Kier molecular flexibility index (Phi) is 35.7. The van der Waals surface area contributed by atoms with E-state index in [9.17, 15) is 0 Å². The van der Waals surface area contributed by atoms with Gasteiger partial charge in [-0.25, -0.2) is 0 Å². The first kappa shape index (κ1) is 47.4. The average molecular weight is 591 g/mol. The number of terminal acetylenes is 1. The molecule has 1 aromatic carbocycles. The third-order valence-corrected chi connectivity index (χ3v) is 7.18. The molecule has 0 aliphatic heterocycles. The van der Waals surface area contributed by atoms with Crippen molar-refractivity contribution in [2.75, 3.05) is 0 Å². The summed E-state index contributed by atoms with van der Waals surface area (Å²) in [7, 11) is 0. The molecule has 2 saturated carbocycles. The summed E-state index contributed by atoms with van der Waals surface area (Å²) >= 11 is 0. The van der Waals surface area contributed by atoms with Crippen LogP contribution in [0.3, 0.4) is 0 Å². The van der Waals surface area contributed by atoms with Crippen LogP contribution in [-0.4, -0.2) is 0 Å². The Morgan fingerprint density at radius 2 is 1.26 bits per heavy atom. The molecule has 0 nitrogen and oxygen atoms in total. The van der Waals surface area contributed by atoms with Crippen LogP contribution in [0.2, 0.25) is 0 Å². The Morgan fingerprint density at radius 1 is 0.767 bits per heavy atom. The van der Waals surface area contributed by atoms with Gasteiger partial charge in [-0.3, -0.25) is 0 Å². The molecule has 0 saturated heterocycles. The van der Waals surface area contributed by atoms with E-state index in [1.807, 2.05) is 55.4 Å². The van der Waals surface area contributed by atoms with E-state index < -0.39 is 0 Å². The molecule has 0 heterocycles. The normalized spacial score (nSPS) is 13.4. The number of unbranched alkanes of at least 4 members (excludes halogenated alkanes) is 1. The van der Waals surface area contributed by atoms with E-state index in [0.717, 1.165) is 23.5 Å². The van der Waals surface area contributed by atoms with Gasteiger partial charge in [0.1, 0.15) is 0 Å². The van der Waals surface area contributed by atoms with E-state index in [4.69, 9.17) is 6.42 Å². The summed E-state index contributed by atoms with van der Waals surface area (Å²) in [5, 5.41) is 0. The molecule has 1 aromatic rings. The fraction of sp³-hybridized carbons (Fsp3) is 0.581. The van der Waals surface area contributed by atoms with E-state index in [0.29, 0.717) is 11.5 Å². The van der Waals surface area contributed by atoms with Crippen LogP contribution >= 0.6 is 0 Å². The summed E-state index contributed by atoms with van der Waals surface area (Å²) in [5.41, 5.74) is 9.22. The minimum atomic E-state index is 0.656. The number of hydrogen-bond acceptors (Lipinski definition) is 0. The highest BCUT2D eigenvalue weighted by Gasteiger charge is 2.28. The van der Waals surface area contributed by atoms with Crippen molar-refractivity contribution >= 4 is 5.57 Å². The standard InChI is InChI=1S/C22H24.C9H16.C4H10.4C2H6/c1-7-16(3)18(5)19(6)22(20-11-12-20)14-17(4)21-10-8-9-15(2)13-21;1-8(2)9-6-4-3-5-7-9;1-3-4-2;4*1-2/h1,8-10,13,20H,3-5,11-12,14H2,2,6H3;9H,1,3-7H2,2H3;3-4H2,1-2H3;4*1-2H3/b22-19-;;;;;;. The van der Waals surface area contributed by atoms with Crippen LogP contribution in [0.5, 0.6) is 0 Å². The lowest BCUT2D eigenvalue weighted by Gasteiger charge is -2.21. The molecule has 0 bridgehead atoms. The van der Waals surface area contributed by atoms with Crippen molar-refractivity contribution in [2.45, 2.75) is 154 Å². The zero-order valence-corrected chi connectivity index (χ0v) is 31.4. The van der Waals surface area contributed by atoms with Gasteiger partial charge in [0.25, 0.3) is 0 Å². The number of aryl methyl sites for hydroxylation is 1. The van der Waals surface area contributed by atoms with Gasteiger partial charge < -0.3 is 0 Å². The van der Waals surface area contributed by atoms with Gasteiger partial charge in [0.2, 0.25) is 0 Å². The lowest BCUT2D eigenvalue weighted by Crippen LogP contribution is -2.05. The summed E-state index contributed by atoms with van der Waals surface area (Å²) in [6.07, 6.45) is 18.6. The third kappa shape index (κ3) is 22.7. The average Bonchev–Trinajstić information content (AvgIpc) is 3.92. The molecule has 0 amide bonds. The summed E-state index contributed by atoms with van der Waals surface area (Å²) in [5.74, 6) is 4.12. The lowest BCUT2D eigenvalue weighted by atomic mass is 9.85. The first-order valence-corrected chi connectivity index (χ1v) is 17.6. The smallest absolute Gasteiger partial charge is 0.0239 e. The fourth-order valence-corrected chi connectivity index (χ4v) is 4.31. The minimum absolute atomic E-state index is 0.656. The van der Waals surface area contributed by atoms with Crippen molar-refractivity contribution < 1.29 is 0 Å². The van der Waals surface area contributed by atoms with Crippen molar-refractivity contribution in [3.05, 3.63) is 89.6 Å². The van der Waals surface area contributed by atoms with Crippen LogP contribution in [0.25, 0.3) is 5.57 Å². The second-order valence-corrected chi connectivity index (χ2v) is 10.4. The summed E-state index contributed by atoms with van der Waals surface area (Å²) in [4.78, 5) is 0. The molecule has 0 N–H and O–H groups in total. The summed E-state index contributed by atoms with van der Waals surface area (Å²) in [6.45, 7) is 43.1. The SMILES string of the molecule is C#CC(=C)C(=C)/C(C)=C(/CC(=C)c1cccc(C)c1)C1CC1.C=C(C)C1CCCCC1.CC.CC.CC.CC.CCCC. The zero-order chi connectivity index (χ0) is 34.4. The highest BCUT2D eigenvalue weighted by atomic mass is 14.3. The van der Waals surface area contributed by atoms with E-state index in [1.54, 1.807) is 0 Å². The van der Waals surface area contributed by atoms with Gasteiger partial charge >= 0.3 is 0 Å². The first-order chi connectivity index (χ1) is 20.7. The van der Waals surface area contributed by atoms with Crippen LogP contribution in [-0.2, 0) is 0 Å². The van der Waals surface area contributed by atoms with Crippen molar-refractivity contribution in [2.24, 2.45) is 11.8 Å². The largest absolute Gasteiger partial charge is 0.115 e. The van der Waals surface area contributed by atoms with Gasteiger partial charge in [-0.2, -0.15) is 0 Å². The van der Waals surface area contributed by atoms with E-state index in [2.05, 4.69) is 91.1 Å². The second-order valence-electron chi connectivity index (χ2n) is 10.4. The van der Waals surface area contributed by atoms with E-state index in [1.165, 1.54) is 85.6 Å². The molecule has 43 heavy (non-hydrogen) atoms. The van der Waals surface area contributed by atoms with Crippen LogP contribution in [0.15, 0.2) is 78.4 Å². The lowest BCUT2D eigenvalue weighted by molar-refractivity contribution is 0.404. The summed E-state index contributed by atoms with van der Waals surface area (Å²) in [6, 6.07) is 8.52. The molecule has 0 spiro atoms. The number of rotatable bonds is 8. The zero-order valence-electron chi connectivity index (χ0n) is 31.4. The maximum Gasteiger partial charge on any atom is 0.0239 e. The molecule has 3 rings (SSSR count). The van der Waals surface area contributed by atoms with Crippen molar-refractivity contribution in [1.29, 1.82) is 0 Å². The van der Waals surface area contributed by atoms with E-state index >= 15 is 0 Å². The summed E-state index contributed by atoms with van der Waals surface area (Å²) < 4.78 is 0. The molecule has 0 radical (unpaired) electrons. The highest BCUT2D eigenvalue weighted by Crippen LogP contribution is 2.43. The molecular weight excluding hydrogens is 516 g/mol. The first-order valence-electron chi connectivity index (χ1n) is 17.6. The predicted molar refractivity (Wildman–Crippen MR) is 205 cm³/mol. The van der Waals surface area contributed by atoms with Crippen molar-refractivity contribution in [3.8, 4) is 12.3 Å². The quantitative estimate of drug-likeness (QED) is 0.160. The molecule has 0 unspecified atom stereocenters. The molecule has 0 atom stereocenters. The molecule has 2 aliphatic rings. The highest BCUT2D eigenvalue weighted by molar-refractivity contribution is 5.67. The van der Waals surface area contributed by atoms with Crippen LogP contribution in [0.1, 0.15) is 158 Å². The van der Waals surface area contributed by atoms with Crippen molar-refractivity contribution in [1.82, 2.24) is 0 Å².